The van der Waals surface area contributed by atoms with E-state index in [0.717, 1.165) is 50.5 Å². The zero-order valence-corrected chi connectivity index (χ0v) is 29.0. The summed E-state index contributed by atoms with van der Waals surface area (Å²) in [7, 11) is 0. The highest BCUT2D eigenvalue weighted by molar-refractivity contribution is 5.95. The molecule has 10 rings (SSSR count). The van der Waals surface area contributed by atoms with Gasteiger partial charge in [-0.15, -0.1) is 0 Å². The van der Waals surface area contributed by atoms with E-state index in [2.05, 4.69) is 164 Å². The van der Waals surface area contributed by atoms with E-state index in [1.165, 1.54) is 33.4 Å². The quantitative estimate of drug-likeness (QED) is 0.182. The first-order valence-electron chi connectivity index (χ1n) is 17.8. The van der Waals surface area contributed by atoms with E-state index < -0.39 is 0 Å². The van der Waals surface area contributed by atoms with Gasteiger partial charge in [-0.05, 0) is 111 Å². The maximum absolute atomic E-state index is 6.50. The maximum atomic E-state index is 6.50. The van der Waals surface area contributed by atoms with Crippen LogP contribution in [0.25, 0.3) is 44.2 Å². The number of hydrogen-bond acceptors (Lipinski definition) is 3. The molecule has 52 heavy (non-hydrogen) atoms. The van der Waals surface area contributed by atoms with Crippen molar-refractivity contribution in [2.24, 2.45) is 0 Å². The van der Waals surface area contributed by atoms with Crippen molar-refractivity contribution in [3.05, 3.63) is 187 Å². The van der Waals surface area contributed by atoms with Crippen molar-refractivity contribution >= 4 is 27.8 Å². The molecule has 0 radical (unpaired) electrons. The fourth-order valence-electron chi connectivity index (χ4n) is 8.05. The minimum absolute atomic E-state index is 0.0986. The molecule has 0 N–H and O–H groups in total. The van der Waals surface area contributed by atoms with E-state index >= 15 is 0 Å². The molecule has 1 aliphatic heterocycles. The molecule has 1 heterocycles. The minimum Gasteiger partial charge on any atom is -0.453 e. The number of ether oxygens (including phenoxy) is 2. The number of nitrogens with zero attached hydrogens (tertiary/aromatic N) is 1. The van der Waals surface area contributed by atoms with Crippen molar-refractivity contribution < 1.29 is 9.47 Å². The van der Waals surface area contributed by atoms with Crippen LogP contribution in [0.15, 0.2) is 176 Å². The minimum atomic E-state index is -0.0986. The Morgan fingerprint density at radius 2 is 0.942 bits per heavy atom. The normalized spacial score (nSPS) is 13.3. The van der Waals surface area contributed by atoms with Gasteiger partial charge in [-0.2, -0.15) is 0 Å². The summed E-state index contributed by atoms with van der Waals surface area (Å²) in [4.78, 5) is 2.36. The van der Waals surface area contributed by atoms with E-state index in [1.807, 2.05) is 30.3 Å². The average Bonchev–Trinajstić information content (AvgIpc) is 3.30. The first-order valence-corrected chi connectivity index (χ1v) is 17.8. The van der Waals surface area contributed by atoms with Crippen molar-refractivity contribution in [1.82, 2.24) is 0 Å². The monoisotopic (exact) mass is 669 g/mol. The summed E-state index contributed by atoms with van der Waals surface area (Å²) >= 11 is 0. The lowest BCUT2D eigenvalue weighted by molar-refractivity contribution is 0.439. The summed E-state index contributed by atoms with van der Waals surface area (Å²) in [6.07, 6.45) is 0. The van der Waals surface area contributed by atoms with Gasteiger partial charge in [0.15, 0.2) is 11.5 Å². The largest absolute Gasteiger partial charge is 0.453 e. The summed E-state index contributed by atoms with van der Waals surface area (Å²) < 4.78 is 12.9. The molecular formula is C49H35NO2. The second kappa shape index (κ2) is 11.8. The molecule has 8 aromatic carbocycles. The number of rotatable bonds is 5. The lowest BCUT2D eigenvalue weighted by Gasteiger charge is -2.28. The van der Waals surface area contributed by atoms with Crippen molar-refractivity contribution in [1.29, 1.82) is 0 Å². The van der Waals surface area contributed by atoms with Crippen molar-refractivity contribution in [3.63, 3.8) is 0 Å². The Hall–Kier alpha value is -6.58. The molecule has 0 aromatic heterocycles. The van der Waals surface area contributed by atoms with Crippen molar-refractivity contribution in [3.8, 4) is 56.4 Å². The van der Waals surface area contributed by atoms with Crippen LogP contribution in [0.1, 0.15) is 25.0 Å². The van der Waals surface area contributed by atoms with Crippen LogP contribution >= 0.6 is 0 Å². The lowest BCUT2D eigenvalue weighted by atomic mass is 9.82. The van der Waals surface area contributed by atoms with Gasteiger partial charge >= 0.3 is 0 Å². The molecule has 0 unspecified atom stereocenters. The van der Waals surface area contributed by atoms with E-state index in [1.54, 1.807) is 0 Å². The summed E-state index contributed by atoms with van der Waals surface area (Å²) in [5, 5.41) is 2.08. The SMILES string of the molecule is CC1(C)c2ccccc2-c2ccc(N(c3ccc(-c4ccccc4)cc3)c3ccc(-c4ccc5c(c4)Oc4cccc6cccc(c46)O5)cc3)cc21. The fraction of sp³-hybridized carbons (Fsp3) is 0.0612. The zero-order chi connectivity index (χ0) is 34.8. The molecule has 0 fully saturated rings. The summed E-state index contributed by atoms with van der Waals surface area (Å²) in [6, 6.07) is 62.4. The Bertz CT molecular complexity index is 2640. The third-order valence-corrected chi connectivity index (χ3v) is 10.7. The number of anilines is 3. The highest BCUT2D eigenvalue weighted by atomic mass is 16.5. The van der Waals surface area contributed by atoms with Gasteiger partial charge in [0.25, 0.3) is 0 Å². The molecular weight excluding hydrogens is 635 g/mol. The standard InChI is InChI=1S/C49H35NO2/c1-49(2)42-15-7-6-14-40(42)41-28-27-39(31-43(41)49)50(37-23-18-33(19-24-37)32-10-4-3-5-11-32)38-25-20-34(21-26-38)36-22-29-44-47(30-36)52-46-17-9-13-35-12-8-16-45(51-44)48(35)46/h3-31H,1-2H3. The molecule has 2 aliphatic rings. The van der Waals surface area contributed by atoms with Crippen LogP contribution in [0.2, 0.25) is 0 Å². The van der Waals surface area contributed by atoms with E-state index in [0.29, 0.717) is 11.5 Å². The van der Waals surface area contributed by atoms with Crippen LogP contribution in [-0.4, -0.2) is 0 Å². The Labute approximate surface area is 304 Å². The second-order valence-corrected chi connectivity index (χ2v) is 14.2. The van der Waals surface area contributed by atoms with Crippen LogP contribution in [0.4, 0.5) is 17.1 Å². The Balaban J connectivity index is 1.03. The molecule has 3 heteroatoms. The Kier molecular flexibility index (Phi) is 6.84. The van der Waals surface area contributed by atoms with Crippen LogP contribution < -0.4 is 14.4 Å². The lowest BCUT2D eigenvalue weighted by Crippen LogP contribution is -2.16. The molecule has 0 saturated heterocycles. The van der Waals surface area contributed by atoms with Crippen molar-refractivity contribution in [2.75, 3.05) is 4.90 Å². The van der Waals surface area contributed by atoms with Gasteiger partial charge in [0.2, 0.25) is 0 Å². The second-order valence-electron chi connectivity index (χ2n) is 14.2. The van der Waals surface area contributed by atoms with Crippen molar-refractivity contribution in [2.45, 2.75) is 19.3 Å². The first kappa shape index (κ1) is 30.3. The fourth-order valence-corrected chi connectivity index (χ4v) is 8.05. The van der Waals surface area contributed by atoms with Gasteiger partial charge in [-0.3, -0.25) is 0 Å². The van der Waals surface area contributed by atoms with E-state index in [-0.39, 0.29) is 5.41 Å². The van der Waals surface area contributed by atoms with Gasteiger partial charge in [0.1, 0.15) is 11.5 Å². The average molecular weight is 670 g/mol. The maximum Gasteiger partial charge on any atom is 0.170 e. The smallest absolute Gasteiger partial charge is 0.170 e. The Morgan fingerprint density at radius 3 is 1.65 bits per heavy atom. The number of hydrogen-bond donors (Lipinski definition) is 0. The van der Waals surface area contributed by atoms with Crippen LogP contribution in [-0.2, 0) is 5.41 Å². The summed E-state index contributed by atoms with van der Waals surface area (Å²) in [5.74, 6) is 3.01. The van der Waals surface area contributed by atoms with Gasteiger partial charge in [-0.1, -0.05) is 129 Å². The molecule has 0 saturated carbocycles. The first-order chi connectivity index (χ1) is 25.5. The highest BCUT2D eigenvalue weighted by Gasteiger charge is 2.35. The summed E-state index contributed by atoms with van der Waals surface area (Å²) in [6.45, 7) is 4.67. The van der Waals surface area contributed by atoms with Crippen LogP contribution in [0.3, 0.4) is 0 Å². The molecule has 0 atom stereocenters. The number of benzene rings is 8. The summed E-state index contributed by atoms with van der Waals surface area (Å²) in [5.41, 5.74) is 13.1. The predicted molar refractivity (Wildman–Crippen MR) is 214 cm³/mol. The molecule has 0 amide bonds. The molecule has 8 aromatic rings. The third-order valence-electron chi connectivity index (χ3n) is 10.7. The van der Waals surface area contributed by atoms with E-state index in [4.69, 9.17) is 9.47 Å². The van der Waals surface area contributed by atoms with Gasteiger partial charge < -0.3 is 14.4 Å². The topological polar surface area (TPSA) is 21.7 Å². The zero-order valence-electron chi connectivity index (χ0n) is 29.0. The predicted octanol–water partition coefficient (Wildman–Crippen LogP) is 13.8. The van der Waals surface area contributed by atoms with Crippen LogP contribution in [0.5, 0.6) is 23.0 Å². The highest BCUT2D eigenvalue weighted by Crippen LogP contribution is 2.51. The van der Waals surface area contributed by atoms with Crippen LogP contribution in [0, 0.1) is 0 Å². The molecule has 3 nitrogen and oxygen atoms in total. The third kappa shape index (κ3) is 4.89. The number of fused-ring (bicyclic) bond motifs is 4. The molecule has 0 spiro atoms. The molecule has 1 aliphatic carbocycles. The van der Waals surface area contributed by atoms with Gasteiger partial charge in [-0.25, -0.2) is 0 Å². The Morgan fingerprint density at radius 1 is 0.385 bits per heavy atom. The van der Waals surface area contributed by atoms with Gasteiger partial charge in [0, 0.05) is 22.5 Å². The van der Waals surface area contributed by atoms with E-state index in [9.17, 15) is 0 Å². The van der Waals surface area contributed by atoms with Gasteiger partial charge in [0.05, 0.1) is 5.39 Å². The molecule has 248 valence electrons. The molecule has 0 bridgehead atoms.